The van der Waals surface area contributed by atoms with E-state index >= 15 is 0 Å². The molecule has 6 heteroatoms. The number of aromatic nitrogens is 1. The minimum absolute atomic E-state index is 0.00526. The van der Waals surface area contributed by atoms with Gasteiger partial charge in [0.25, 0.3) is 5.91 Å². The van der Waals surface area contributed by atoms with Crippen molar-refractivity contribution in [3.8, 4) is 0 Å². The van der Waals surface area contributed by atoms with Crippen LogP contribution in [0.5, 0.6) is 0 Å². The molecule has 2 aromatic rings. The van der Waals surface area contributed by atoms with Gasteiger partial charge in [-0.05, 0) is 38.5 Å². The summed E-state index contributed by atoms with van der Waals surface area (Å²) in [6.45, 7) is 5.91. The van der Waals surface area contributed by atoms with Gasteiger partial charge in [-0.1, -0.05) is 11.6 Å². The van der Waals surface area contributed by atoms with E-state index in [1.165, 1.54) is 4.88 Å². The maximum atomic E-state index is 13.1. The van der Waals surface area contributed by atoms with E-state index in [0.29, 0.717) is 0 Å². The molecular weight excluding hydrogens is 299 g/mol. The van der Waals surface area contributed by atoms with Crippen LogP contribution >= 0.6 is 22.9 Å². The number of thiophene rings is 1. The summed E-state index contributed by atoms with van der Waals surface area (Å²) in [7, 11) is 0. The van der Waals surface area contributed by atoms with Crippen molar-refractivity contribution < 1.29 is 9.18 Å². The highest BCUT2D eigenvalue weighted by atomic mass is 35.5. The summed E-state index contributed by atoms with van der Waals surface area (Å²) in [5.41, 5.74) is 1.10. The first-order valence-electron chi connectivity index (χ1n) is 6.07. The number of carbonyl (C=O) groups is 1. The maximum Gasteiger partial charge on any atom is 0.254 e. The Morgan fingerprint density at radius 2 is 2.15 bits per heavy atom. The molecule has 0 aliphatic heterocycles. The lowest BCUT2D eigenvalue weighted by molar-refractivity contribution is 0.0939. The molecule has 0 radical (unpaired) electrons. The third-order valence-corrected chi connectivity index (χ3v) is 4.23. The van der Waals surface area contributed by atoms with E-state index < -0.39 is 11.7 Å². The summed E-state index contributed by atoms with van der Waals surface area (Å²) in [5.74, 6) is -1.02. The average Bonchev–Trinajstić information content (AvgIpc) is 2.71. The van der Waals surface area contributed by atoms with Crippen LogP contribution in [0.2, 0.25) is 5.15 Å². The van der Waals surface area contributed by atoms with Gasteiger partial charge in [0.15, 0.2) is 0 Å². The lowest BCUT2D eigenvalue weighted by atomic mass is 10.1. The number of rotatable bonds is 3. The molecule has 1 N–H and O–H groups in total. The van der Waals surface area contributed by atoms with Crippen molar-refractivity contribution in [1.82, 2.24) is 10.3 Å². The number of amides is 1. The van der Waals surface area contributed by atoms with E-state index in [4.69, 9.17) is 11.6 Å². The van der Waals surface area contributed by atoms with Gasteiger partial charge < -0.3 is 5.32 Å². The Kier molecular flexibility index (Phi) is 4.40. The molecule has 106 valence electrons. The van der Waals surface area contributed by atoms with E-state index in [1.54, 1.807) is 11.3 Å². The molecule has 0 aliphatic rings. The largest absolute Gasteiger partial charge is 0.345 e. The maximum absolute atomic E-state index is 13.1. The minimum Gasteiger partial charge on any atom is -0.345 e. The number of nitrogens with zero attached hydrogens (tertiary/aromatic N) is 1. The van der Waals surface area contributed by atoms with Crippen LogP contribution in [-0.2, 0) is 0 Å². The van der Waals surface area contributed by atoms with E-state index in [2.05, 4.69) is 10.3 Å². The summed E-state index contributed by atoms with van der Waals surface area (Å²) < 4.78 is 13.1. The molecule has 0 fully saturated rings. The number of hydrogen-bond donors (Lipinski definition) is 1. The van der Waals surface area contributed by atoms with Crippen molar-refractivity contribution in [1.29, 1.82) is 0 Å². The average molecular weight is 313 g/mol. The second-order valence-electron chi connectivity index (χ2n) is 4.56. The molecule has 0 saturated carbocycles. The van der Waals surface area contributed by atoms with Crippen molar-refractivity contribution in [2.24, 2.45) is 0 Å². The molecule has 1 amide bonds. The molecule has 0 aliphatic carbocycles. The van der Waals surface area contributed by atoms with Gasteiger partial charge in [0.2, 0.25) is 0 Å². The van der Waals surface area contributed by atoms with E-state index in [1.807, 2.05) is 26.8 Å². The fraction of sp³-hybridized carbons (Fsp3) is 0.286. The first kappa shape index (κ1) is 14.9. The number of carbonyl (C=O) groups excluding carboxylic acids is 1. The summed E-state index contributed by atoms with van der Waals surface area (Å²) >= 11 is 7.50. The Balaban J connectivity index is 2.19. The molecule has 0 saturated heterocycles. The molecule has 1 atom stereocenters. The molecule has 2 aromatic heterocycles. The van der Waals surface area contributed by atoms with E-state index in [-0.39, 0.29) is 16.8 Å². The molecule has 20 heavy (non-hydrogen) atoms. The highest BCUT2D eigenvalue weighted by Crippen LogP contribution is 2.26. The fourth-order valence-electron chi connectivity index (χ4n) is 2.01. The van der Waals surface area contributed by atoms with Crippen molar-refractivity contribution in [3.63, 3.8) is 0 Å². The predicted octanol–water partition coefficient (Wildman–Crippen LogP) is 4.04. The van der Waals surface area contributed by atoms with Gasteiger partial charge in [-0.3, -0.25) is 4.79 Å². The van der Waals surface area contributed by atoms with Crippen LogP contribution in [-0.4, -0.2) is 10.9 Å². The van der Waals surface area contributed by atoms with E-state index in [9.17, 15) is 9.18 Å². The summed E-state index contributed by atoms with van der Waals surface area (Å²) in [6, 6.07) is 2.95. The third kappa shape index (κ3) is 3.16. The number of nitrogens with one attached hydrogen (secondary N) is 1. The van der Waals surface area contributed by atoms with Crippen LogP contribution in [0.4, 0.5) is 4.39 Å². The Labute approximate surface area is 125 Å². The highest BCUT2D eigenvalue weighted by Gasteiger charge is 2.18. The van der Waals surface area contributed by atoms with Gasteiger partial charge in [-0.15, -0.1) is 11.3 Å². The van der Waals surface area contributed by atoms with Crippen LogP contribution in [0.3, 0.4) is 0 Å². The Bertz CT molecular complexity index is 657. The summed E-state index contributed by atoms with van der Waals surface area (Å²) in [4.78, 5) is 18.1. The Morgan fingerprint density at radius 1 is 1.45 bits per heavy atom. The molecule has 3 nitrogen and oxygen atoms in total. The van der Waals surface area contributed by atoms with Crippen molar-refractivity contribution >= 4 is 28.8 Å². The summed E-state index contributed by atoms with van der Waals surface area (Å²) in [5, 5.41) is 2.81. The monoisotopic (exact) mass is 312 g/mol. The topological polar surface area (TPSA) is 42.0 Å². The molecule has 2 rings (SSSR count). The normalized spacial score (nSPS) is 12.2. The summed E-state index contributed by atoms with van der Waals surface area (Å²) in [6.07, 6.45) is 0.981. The molecule has 1 unspecified atom stereocenters. The second kappa shape index (κ2) is 5.89. The van der Waals surface area contributed by atoms with Crippen molar-refractivity contribution in [3.05, 3.63) is 50.2 Å². The van der Waals surface area contributed by atoms with Gasteiger partial charge in [0, 0.05) is 9.75 Å². The lowest BCUT2D eigenvalue weighted by Gasteiger charge is -2.14. The highest BCUT2D eigenvalue weighted by molar-refractivity contribution is 7.12. The smallest absolute Gasteiger partial charge is 0.254 e. The SMILES string of the molecule is Cc1cc(C(C)NC(=O)c2cc(F)cnc2Cl)c(C)s1. The van der Waals surface area contributed by atoms with E-state index in [0.717, 1.165) is 22.7 Å². The number of halogens is 2. The number of aryl methyl sites for hydroxylation is 2. The van der Waals surface area contributed by atoms with Gasteiger partial charge in [-0.2, -0.15) is 0 Å². The quantitative estimate of drug-likeness (QED) is 0.869. The van der Waals surface area contributed by atoms with Crippen molar-refractivity contribution in [2.75, 3.05) is 0 Å². The Morgan fingerprint density at radius 3 is 2.75 bits per heavy atom. The number of hydrogen-bond acceptors (Lipinski definition) is 3. The number of pyridine rings is 1. The fourth-order valence-corrected chi connectivity index (χ4v) is 3.23. The van der Waals surface area contributed by atoms with Gasteiger partial charge in [0.1, 0.15) is 11.0 Å². The van der Waals surface area contributed by atoms with Gasteiger partial charge in [0.05, 0.1) is 17.8 Å². The lowest BCUT2D eigenvalue weighted by Crippen LogP contribution is -2.27. The molecular formula is C14H14ClFN2OS. The molecule has 0 bridgehead atoms. The zero-order chi connectivity index (χ0) is 14.9. The second-order valence-corrected chi connectivity index (χ2v) is 6.37. The molecule has 2 heterocycles. The van der Waals surface area contributed by atoms with Crippen LogP contribution in [0.1, 0.15) is 38.6 Å². The predicted molar refractivity (Wildman–Crippen MR) is 78.9 cm³/mol. The first-order valence-corrected chi connectivity index (χ1v) is 7.26. The zero-order valence-electron chi connectivity index (χ0n) is 11.3. The standard InChI is InChI=1S/C14H14ClFN2OS/c1-7-4-11(9(3)20-7)8(2)18-14(19)12-5-10(16)6-17-13(12)15/h4-6,8H,1-3H3,(H,18,19). The zero-order valence-corrected chi connectivity index (χ0v) is 12.9. The van der Waals surface area contributed by atoms with Crippen LogP contribution in [0.15, 0.2) is 18.3 Å². The van der Waals surface area contributed by atoms with Crippen LogP contribution in [0.25, 0.3) is 0 Å². The molecule has 0 aromatic carbocycles. The van der Waals surface area contributed by atoms with Crippen LogP contribution in [0, 0.1) is 19.7 Å². The van der Waals surface area contributed by atoms with Crippen LogP contribution < -0.4 is 5.32 Å². The van der Waals surface area contributed by atoms with Gasteiger partial charge in [-0.25, -0.2) is 9.37 Å². The molecule has 0 spiro atoms. The Hall–Kier alpha value is -1.46. The van der Waals surface area contributed by atoms with Gasteiger partial charge >= 0.3 is 0 Å². The van der Waals surface area contributed by atoms with Crippen molar-refractivity contribution in [2.45, 2.75) is 26.8 Å². The minimum atomic E-state index is -0.588. The third-order valence-electron chi connectivity index (χ3n) is 2.94. The first-order chi connectivity index (χ1) is 9.38.